The fraction of sp³-hybridized carbons (Fsp3) is 0.611. The lowest BCUT2D eigenvalue weighted by atomic mass is 10.0. The van der Waals surface area contributed by atoms with Gasteiger partial charge in [-0.15, -0.1) is 0 Å². The summed E-state index contributed by atoms with van der Waals surface area (Å²) in [5, 5.41) is 0. The minimum absolute atomic E-state index is 0.340. The van der Waals surface area contributed by atoms with Crippen LogP contribution in [-0.4, -0.2) is 16.8 Å². The zero-order valence-corrected chi connectivity index (χ0v) is 12.8. The fourth-order valence-corrected chi connectivity index (χ4v) is 3.47. The van der Waals surface area contributed by atoms with Crippen LogP contribution in [0.4, 0.5) is 5.69 Å². The zero-order valence-electron chi connectivity index (χ0n) is 12.8. The van der Waals surface area contributed by atoms with Gasteiger partial charge in [-0.05, 0) is 42.9 Å². The van der Waals surface area contributed by atoms with E-state index < -0.39 is 0 Å². The molecule has 0 aromatic heterocycles. The van der Waals surface area contributed by atoms with Crippen molar-refractivity contribution in [2.45, 2.75) is 64.0 Å². The Morgan fingerprint density at radius 2 is 1.95 bits per heavy atom. The first-order valence-corrected chi connectivity index (χ1v) is 8.36. The molecule has 0 aliphatic heterocycles. The summed E-state index contributed by atoms with van der Waals surface area (Å²) in [6.07, 6.45) is 9.50. The van der Waals surface area contributed by atoms with Gasteiger partial charge in [-0.1, -0.05) is 37.8 Å². The minimum Gasteiger partial charge on any atom is -0.399 e. The predicted molar refractivity (Wildman–Crippen MR) is 85.6 cm³/mol. The number of nitrogens with two attached hydrogens (primary N) is 1. The maximum atomic E-state index is 12.6. The van der Waals surface area contributed by atoms with E-state index in [1.54, 1.807) is 0 Å². The topological polar surface area (TPSA) is 46.3 Å². The van der Waals surface area contributed by atoms with Gasteiger partial charge in [0.1, 0.15) is 0 Å². The molecule has 0 spiro atoms. The van der Waals surface area contributed by atoms with Gasteiger partial charge in [0.05, 0.1) is 0 Å². The number of hydrogen-bond donors (Lipinski definition) is 1. The molecular weight excluding hydrogens is 260 g/mol. The van der Waals surface area contributed by atoms with Gasteiger partial charge < -0.3 is 10.6 Å². The summed E-state index contributed by atoms with van der Waals surface area (Å²) in [6, 6.07) is 8.39. The Labute approximate surface area is 127 Å². The summed E-state index contributed by atoms with van der Waals surface area (Å²) in [6.45, 7) is 0.721. The van der Waals surface area contributed by atoms with Gasteiger partial charge in [-0.2, -0.15) is 0 Å². The molecular formula is C18H26N2O. The molecule has 3 nitrogen and oxygen atoms in total. The van der Waals surface area contributed by atoms with Crippen LogP contribution in [0, 0.1) is 5.92 Å². The molecule has 1 aromatic carbocycles. The molecule has 0 atom stereocenters. The van der Waals surface area contributed by atoms with Crippen molar-refractivity contribution in [3.63, 3.8) is 0 Å². The van der Waals surface area contributed by atoms with Crippen molar-refractivity contribution in [2.75, 3.05) is 5.73 Å². The van der Waals surface area contributed by atoms with Crippen molar-refractivity contribution in [1.82, 2.24) is 4.90 Å². The highest BCUT2D eigenvalue weighted by molar-refractivity contribution is 5.77. The molecule has 0 radical (unpaired) electrons. The Morgan fingerprint density at radius 3 is 2.62 bits per heavy atom. The SMILES string of the molecule is Nc1cccc(CN(C(=O)CCC2CCCC2)C2CC2)c1. The standard InChI is InChI=1S/C18H26N2O/c19-16-7-3-6-15(12-16)13-20(17-9-10-17)18(21)11-8-14-4-1-2-5-14/h3,6-7,12,14,17H,1-2,4-5,8-11,13,19H2. The molecule has 1 amide bonds. The number of benzene rings is 1. The largest absolute Gasteiger partial charge is 0.399 e. The number of nitrogen functional groups attached to an aromatic ring is 1. The number of carbonyl (C=O) groups is 1. The van der Waals surface area contributed by atoms with Crippen molar-refractivity contribution in [3.05, 3.63) is 29.8 Å². The number of carbonyl (C=O) groups excluding carboxylic acids is 1. The van der Waals surface area contributed by atoms with E-state index in [9.17, 15) is 4.79 Å². The Balaban J connectivity index is 1.57. The van der Waals surface area contributed by atoms with Crippen molar-refractivity contribution in [1.29, 1.82) is 0 Å². The first kappa shape index (κ1) is 14.4. The Morgan fingerprint density at radius 1 is 1.19 bits per heavy atom. The summed E-state index contributed by atoms with van der Waals surface area (Å²) in [4.78, 5) is 14.7. The smallest absolute Gasteiger partial charge is 0.223 e. The summed E-state index contributed by atoms with van der Waals surface area (Å²) in [5.41, 5.74) is 7.77. The highest BCUT2D eigenvalue weighted by atomic mass is 16.2. The first-order valence-electron chi connectivity index (χ1n) is 8.36. The molecule has 21 heavy (non-hydrogen) atoms. The predicted octanol–water partition coefficient (Wildman–Crippen LogP) is 3.73. The van der Waals surface area contributed by atoms with E-state index in [2.05, 4.69) is 11.0 Å². The Kier molecular flexibility index (Phi) is 4.47. The van der Waals surface area contributed by atoms with Crippen LogP contribution in [0.25, 0.3) is 0 Å². The average Bonchev–Trinajstić information content (AvgIpc) is 3.18. The van der Waals surface area contributed by atoms with E-state index in [4.69, 9.17) is 5.73 Å². The quantitative estimate of drug-likeness (QED) is 0.810. The zero-order chi connectivity index (χ0) is 14.7. The molecule has 2 fully saturated rings. The molecule has 0 unspecified atom stereocenters. The third-order valence-corrected chi connectivity index (χ3v) is 4.85. The van der Waals surface area contributed by atoms with Crippen molar-refractivity contribution < 1.29 is 4.79 Å². The van der Waals surface area contributed by atoms with Gasteiger partial charge in [0.25, 0.3) is 0 Å². The van der Waals surface area contributed by atoms with Gasteiger partial charge >= 0.3 is 0 Å². The van der Waals surface area contributed by atoms with Crippen molar-refractivity contribution in [3.8, 4) is 0 Å². The molecule has 2 saturated carbocycles. The van der Waals surface area contributed by atoms with Crippen molar-refractivity contribution in [2.24, 2.45) is 5.92 Å². The van der Waals surface area contributed by atoms with Crippen LogP contribution in [0.3, 0.4) is 0 Å². The molecule has 1 aromatic rings. The van der Waals surface area contributed by atoms with E-state index in [1.807, 2.05) is 18.2 Å². The van der Waals surface area contributed by atoms with Crippen LogP contribution in [0.15, 0.2) is 24.3 Å². The van der Waals surface area contributed by atoms with Gasteiger partial charge in [0.15, 0.2) is 0 Å². The monoisotopic (exact) mass is 286 g/mol. The molecule has 2 N–H and O–H groups in total. The Bertz CT molecular complexity index is 490. The van der Waals surface area contributed by atoms with Gasteiger partial charge in [0.2, 0.25) is 5.91 Å². The molecule has 0 bridgehead atoms. The lowest BCUT2D eigenvalue weighted by Gasteiger charge is -2.23. The number of amides is 1. The third-order valence-electron chi connectivity index (χ3n) is 4.85. The Hall–Kier alpha value is -1.51. The molecule has 3 rings (SSSR count). The van der Waals surface area contributed by atoms with Crippen LogP contribution in [0.5, 0.6) is 0 Å². The first-order chi connectivity index (χ1) is 10.2. The number of anilines is 1. The van der Waals surface area contributed by atoms with E-state index in [1.165, 1.54) is 25.7 Å². The normalized spacial score (nSPS) is 18.9. The van der Waals surface area contributed by atoms with Crippen LogP contribution < -0.4 is 5.73 Å². The second-order valence-electron chi connectivity index (χ2n) is 6.69. The second kappa shape index (κ2) is 6.50. The summed E-state index contributed by atoms with van der Waals surface area (Å²) < 4.78 is 0. The van der Waals surface area contributed by atoms with E-state index in [0.29, 0.717) is 11.9 Å². The van der Waals surface area contributed by atoms with Gasteiger partial charge in [-0.25, -0.2) is 0 Å². The maximum absolute atomic E-state index is 12.6. The highest BCUT2D eigenvalue weighted by Gasteiger charge is 2.32. The van der Waals surface area contributed by atoms with Crippen LogP contribution in [0.2, 0.25) is 0 Å². The van der Waals surface area contributed by atoms with Crippen LogP contribution in [-0.2, 0) is 11.3 Å². The van der Waals surface area contributed by atoms with Crippen LogP contribution >= 0.6 is 0 Å². The van der Waals surface area contributed by atoms with E-state index in [-0.39, 0.29) is 0 Å². The molecule has 0 saturated heterocycles. The van der Waals surface area contributed by atoms with E-state index in [0.717, 1.165) is 49.4 Å². The van der Waals surface area contributed by atoms with Crippen LogP contribution in [0.1, 0.15) is 56.9 Å². The molecule has 114 valence electrons. The maximum Gasteiger partial charge on any atom is 0.223 e. The van der Waals surface area contributed by atoms with E-state index >= 15 is 0 Å². The molecule has 0 heterocycles. The minimum atomic E-state index is 0.340. The average molecular weight is 286 g/mol. The van der Waals surface area contributed by atoms with Gasteiger partial charge in [-0.3, -0.25) is 4.79 Å². The second-order valence-corrected chi connectivity index (χ2v) is 6.69. The lowest BCUT2D eigenvalue weighted by molar-refractivity contribution is -0.132. The summed E-state index contributed by atoms with van der Waals surface area (Å²) in [5.74, 6) is 1.13. The summed E-state index contributed by atoms with van der Waals surface area (Å²) >= 11 is 0. The third kappa shape index (κ3) is 3.99. The molecule has 2 aliphatic rings. The fourth-order valence-electron chi connectivity index (χ4n) is 3.47. The number of nitrogens with zero attached hydrogens (tertiary/aromatic N) is 1. The molecule has 2 aliphatic carbocycles. The summed E-state index contributed by atoms with van der Waals surface area (Å²) in [7, 11) is 0. The lowest BCUT2D eigenvalue weighted by Crippen LogP contribution is -2.32. The highest BCUT2D eigenvalue weighted by Crippen LogP contribution is 2.32. The van der Waals surface area contributed by atoms with Crippen molar-refractivity contribution >= 4 is 11.6 Å². The van der Waals surface area contributed by atoms with Gasteiger partial charge in [0, 0.05) is 24.7 Å². The molecule has 3 heteroatoms. The number of rotatable bonds is 6. The number of hydrogen-bond acceptors (Lipinski definition) is 2.